The summed E-state index contributed by atoms with van der Waals surface area (Å²) in [6, 6.07) is 0. The van der Waals surface area contributed by atoms with E-state index >= 15 is 0 Å². The minimum absolute atomic E-state index is 0.0568. The normalized spacial score (nSPS) is 17.0. The number of hydrogen-bond acceptors (Lipinski definition) is 3. The van der Waals surface area contributed by atoms with E-state index < -0.39 is 11.4 Å². The average molecular weight is 256 g/mol. The zero-order chi connectivity index (χ0) is 13.8. The van der Waals surface area contributed by atoms with Gasteiger partial charge in [0.15, 0.2) is 0 Å². The predicted molar refractivity (Wildman–Crippen MR) is 64.9 cm³/mol. The summed E-state index contributed by atoms with van der Waals surface area (Å²) in [5, 5.41) is 11.5. The predicted octanol–water partition coefficient (Wildman–Crippen LogP) is 0.226. The molecule has 0 saturated carbocycles. The first-order chi connectivity index (χ1) is 8.30. The Balaban J connectivity index is 2.58. The lowest BCUT2D eigenvalue weighted by Gasteiger charge is -2.26. The number of carboxylic acid groups (broad SMARTS) is 1. The Labute approximate surface area is 106 Å². The third-order valence-electron chi connectivity index (χ3n) is 2.87. The van der Waals surface area contributed by atoms with Crippen molar-refractivity contribution in [3.05, 3.63) is 0 Å². The summed E-state index contributed by atoms with van der Waals surface area (Å²) < 4.78 is 0. The van der Waals surface area contributed by atoms with Gasteiger partial charge in [0.05, 0.1) is 13.0 Å². The Hall–Kier alpha value is -1.59. The van der Waals surface area contributed by atoms with Crippen molar-refractivity contribution in [1.29, 1.82) is 0 Å². The summed E-state index contributed by atoms with van der Waals surface area (Å²) in [7, 11) is 0. The maximum atomic E-state index is 12.0. The van der Waals surface area contributed by atoms with Crippen LogP contribution < -0.4 is 5.32 Å². The summed E-state index contributed by atoms with van der Waals surface area (Å²) in [6.45, 7) is 4.69. The molecule has 2 amide bonds. The molecular weight excluding hydrogens is 236 g/mol. The Morgan fingerprint density at radius 1 is 1.39 bits per heavy atom. The number of carbonyl (C=O) groups is 3. The van der Waals surface area contributed by atoms with Gasteiger partial charge < -0.3 is 15.3 Å². The molecule has 0 spiro atoms. The van der Waals surface area contributed by atoms with E-state index in [1.807, 2.05) is 0 Å². The summed E-state index contributed by atoms with van der Waals surface area (Å²) in [5.74, 6) is -1.23. The number of carbonyl (C=O) groups excluding carboxylic acids is 2. The maximum Gasteiger partial charge on any atom is 0.303 e. The van der Waals surface area contributed by atoms with Crippen molar-refractivity contribution in [3.63, 3.8) is 0 Å². The highest BCUT2D eigenvalue weighted by Crippen LogP contribution is 2.26. The fourth-order valence-corrected chi connectivity index (χ4v) is 2.01. The average Bonchev–Trinajstić information content (AvgIpc) is 2.39. The van der Waals surface area contributed by atoms with Crippen molar-refractivity contribution in [2.24, 2.45) is 5.41 Å². The van der Waals surface area contributed by atoms with E-state index in [4.69, 9.17) is 5.11 Å². The molecule has 0 aliphatic carbocycles. The molecule has 0 aromatic heterocycles. The number of aliphatic carboxylic acids is 1. The SMILES string of the molecule is CC(C)(CC(=O)O)CC(=O)N1CCCNC(=O)C1. The second-order valence-electron chi connectivity index (χ2n) is 5.43. The first-order valence-electron chi connectivity index (χ1n) is 6.06. The highest BCUT2D eigenvalue weighted by molar-refractivity contribution is 5.85. The van der Waals surface area contributed by atoms with Crippen LogP contribution in [0.4, 0.5) is 0 Å². The van der Waals surface area contributed by atoms with Gasteiger partial charge in [0.2, 0.25) is 11.8 Å². The van der Waals surface area contributed by atoms with Crippen LogP contribution in [0.3, 0.4) is 0 Å². The van der Waals surface area contributed by atoms with E-state index in [0.29, 0.717) is 13.1 Å². The van der Waals surface area contributed by atoms with Crippen molar-refractivity contribution >= 4 is 17.8 Å². The molecule has 6 nitrogen and oxygen atoms in total. The van der Waals surface area contributed by atoms with E-state index in [1.54, 1.807) is 13.8 Å². The summed E-state index contributed by atoms with van der Waals surface area (Å²) in [6.07, 6.45) is 0.822. The summed E-state index contributed by atoms with van der Waals surface area (Å²) >= 11 is 0. The zero-order valence-corrected chi connectivity index (χ0v) is 10.9. The van der Waals surface area contributed by atoms with Gasteiger partial charge in [-0.25, -0.2) is 0 Å². The van der Waals surface area contributed by atoms with Crippen LogP contribution in [0.5, 0.6) is 0 Å². The van der Waals surface area contributed by atoms with Gasteiger partial charge in [0.1, 0.15) is 0 Å². The molecule has 1 aliphatic rings. The van der Waals surface area contributed by atoms with Gasteiger partial charge in [-0.2, -0.15) is 0 Å². The van der Waals surface area contributed by atoms with Crippen molar-refractivity contribution in [3.8, 4) is 0 Å². The third-order valence-corrected chi connectivity index (χ3v) is 2.87. The van der Waals surface area contributed by atoms with Crippen molar-refractivity contribution in [2.45, 2.75) is 33.1 Å². The van der Waals surface area contributed by atoms with Crippen LogP contribution in [0.1, 0.15) is 33.1 Å². The zero-order valence-electron chi connectivity index (χ0n) is 10.9. The molecule has 0 unspecified atom stereocenters. The van der Waals surface area contributed by atoms with E-state index in [9.17, 15) is 14.4 Å². The van der Waals surface area contributed by atoms with Gasteiger partial charge >= 0.3 is 5.97 Å². The highest BCUT2D eigenvalue weighted by Gasteiger charge is 2.29. The largest absolute Gasteiger partial charge is 0.481 e. The summed E-state index contributed by atoms with van der Waals surface area (Å²) in [5.41, 5.74) is -0.592. The van der Waals surface area contributed by atoms with Crippen molar-refractivity contribution < 1.29 is 19.5 Å². The lowest BCUT2D eigenvalue weighted by atomic mass is 9.85. The molecule has 1 fully saturated rings. The van der Waals surface area contributed by atoms with Crippen molar-refractivity contribution in [2.75, 3.05) is 19.6 Å². The van der Waals surface area contributed by atoms with E-state index in [2.05, 4.69) is 5.32 Å². The topological polar surface area (TPSA) is 86.7 Å². The second kappa shape index (κ2) is 5.84. The first-order valence-corrected chi connectivity index (χ1v) is 6.06. The molecule has 0 atom stereocenters. The highest BCUT2D eigenvalue weighted by atomic mass is 16.4. The van der Waals surface area contributed by atoms with Crippen LogP contribution in [0.25, 0.3) is 0 Å². The Bertz CT molecular complexity index is 352. The smallest absolute Gasteiger partial charge is 0.303 e. The molecule has 102 valence electrons. The Morgan fingerprint density at radius 3 is 2.67 bits per heavy atom. The number of hydrogen-bond donors (Lipinski definition) is 2. The first kappa shape index (κ1) is 14.5. The quantitative estimate of drug-likeness (QED) is 0.753. The third kappa shape index (κ3) is 4.73. The molecular formula is C12H20N2O4. The minimum atomic E-state index is -0.915. The molecule has 0 radical (unpaired) electrons. The molecule has 0 aromatic carbocycles. The van der Waals surface area contributed by atoms with Crippen molar-refractivity contribution in [1.82, 2.24) is 10.2 Å². The fraction of sp³-hybridized carbons (Fsp3) is 0.750. The molecule has 1 heterocycles. The monoisotopic (exact) mass is 256 g/mol. The second-order valence-corrected chi connectivity index (χ2v) is 5.43. The van der Waals surface area contributed by atoms with Gasteiger partial charge in [-0.05, 0) is 11.8 Å². The molecule has 0 bridgehead atoms. The van der Waals surface area contributed by atoms with Gasteiger partial charge in [-0.3, -0.25) is 14.4 Å². The van der Waals surface area contributed by atoms with Crippen LogP contribution >= 0.6 is 0 Å². The number of rotatable bonds is 4. The van der Waals surface area contributed by atoms with Crippen LogP contribution in [-0.2, 0) is 14.4 Å². The Morgan fingerprint density at radius 2 is 2.06 bits per heavy atom. The fourth-order valence-electron chi connectivity index (χ4n) is 2.01. The maximum absolute atomic E-state index is 12.0. The van der Waals surface area contributed by atoms with Gasteiger partial charge in [-0.1, -0.05) is 13.8 Å². The van der Waals surface area contributed by atoms with Crippen LogP contribution in [0.2, 0.25) is 0 Å². The van der Waals surface area contributed by atoms with Crippen LogP contribution in [0, 0.1) is 5.41 Å². The van der Waals surface area contributed by atoms with E-state index in [0.717, 1.165) is 6.42 Å². The minimum Gasteiger partial charge on any atom is -0.481 e. The molecule has 1 saturated heterocycles. The number of nitrogens with one attached hydrogen (secondary N) is 1. The lowest BCUT2D eigenvalue weighted by molar-refractivity contribution is -0.141. The number of carboxylic acids is 1. The molecule has 18 heavy (non-hydrogen) atoms. The van der Waals surface area contributed by atoms with Crippen LogP contribution in [-0.4, -0.2) is 47.4 Å². The molecule has 1 rings (SSSR count). The Kier molecular flexibility index (Phi) is 4.69. The molecule has 0 aromatic rings. The summed E-state index contributed by atoms with van der Waals surface area (Å²) in [4.78, 5) is 35.6. The van der Waals surface area contributed by atoms with E-state index in [1.165, 1.54) is 4.90 Å². The lowest BCUT2D eigenvalue weighted by Crippen LogP contribution is -2.39. The molecule has 6 heteroatoms. The van der Waals surface area contributed by atoms with E-state index in [-0.39, 0.29) is 31.2 Å². The number of nitrogens with zero attached hydrogens (tertiary/aromatic N) is 1. The molecule has 2 N–H and O–H groups in total. The standard InChI is InChI=1S/C12H20N2O4/c1-12(2,7-11(17)18)6-10(16)14-5-3-4-13-9(15)8-14/h3-8H2,1-2H3,(H,13,15)(H,17,18). The molecule has 1 aliphatic heterocycles. The van der Waals surface area contributed by atoms with Crippen LogP contribution in [0.15, 0.2) is 0 Å². The van der Waals surface area contributed by atoms with Gasteiger partial charge in [0, 0.05) is 19.5 Å². The number of amides is 2. The van der Waals surface area contributed by atoms with Gasteiger partial charge in [-0.15, -0.1) is 0 Å². The van der Waals surface area contributed by atoms with Gasteiger partial charge in [0.25, 0.3) is 0 Å².